The second kappa shape index (κ2) is 5.99. The van der Waals surface area contributed by atoms with Crippen molar-refractivity contribution in [1.29, 1.82) is 0 Å². The molecule has 0 fully saturated rings. The quantitative estimate of drug-likeness (QED) is 0.838. The molecule has 0 heterocycles. The van der Waals surface area contributed by atoms with Crippen LogP contribution in [0.1, 0.15) is 31.9 Å². The van der Waals surface area contributed by atoms with E-state index in [0.717, 1.165) is 16.7 Å². The fourth-order valence-corrected chi connectivity index (χ4v) is 3.86. The maximum atomic E-state index is 10.5. The third-order valence-electron chi connectivity index (χ3n) is 5.38. The largest absolute Gasteiger partial charge is 0.389 e. The maximum absolute atomic E-state index is 10.5. The molecular formula is C22H29N2O+. The van der Waals surface area contributed by atoms with Crippen molar-refractivity contribution in [2.45, 2.75) is 32.3 Å². The van der Waals surface area contributed by atoms with Crippen LogP contribution in [0.25, 0.3) is 5.57 Å². The van der Waals surface area contributed by atoms with Crippen LogP contribution in [0.5, 0.6) is 0 Å². The van der Waals surface area contributed by atoms with Gasteiger partial charge in [0.2, 0.25) is 0 Å². The fraction of sp³-hybridized carbons (Fsp3) is 0.409. The minimum atomic E-state index is -0.510. The molecule has 0 saturated heterocycles. The van der Waals surface area contributed by atoms with Crippen molar-refractivity contribution in [2.75, 3.05) is 33.1 Å². The molecule has 0 saturated carbocycles. The van der Waals surface area contributed by atoms with Crippen LogP contribution in [-0.4, -0.2) is 49.7 Å². The van der Waals surface area contributed by atoms with Gasteiger partial charge in [-0.1, -0.05) is 19.9 Å². The Balaban J connectivity index is 2.36. The molecule has 3 heteroatoms. The molecule has 0 bridgehead atoms. The summed E-state index contributed by atoms with van der Waals surface area (Å²) in [5.74, 6) is 0. The van der Waals surface area contributed by atoms with Gasteiger partial charge in [-0.3, -0.25) is 0 Å². The fourth-order valence-electron chi connectivity index (χ4n) is 3.86. The predicted octanol–water partition coefficient (Wildman–Crippen LogP) is 3.39. The van der Waals surface area contributed by atoms with Gasteiger partial charge < -0.3 is 10.0 Å². The summed E-state index contributed by atoms with van der Waals surface area (Å²) >= 11 is 0. The minimum Gasteiger partial charge on any atom is -0.389 e. The van der Waals surface area contributed by atoms with Crippen LogP contribution in [0, 0.1) is 0 Å². The van der Waals surface area contributed by atoms with E-state index >= 15 is 0 Å². The molecule has 0 radical (unpaired) electrons. The molecule has 3 rings (SSSR count). The number of anilines is 1. The lowest BCUT2D eigenvalue weighted by Crippen LogP contribution is -2.32. The Kier molecular flexibility index (Phi) is 4.24. The van der Waals surface area contributed by atoms with E-state index in [9.17, 15) is 5.11 Å². The van der Waals surface area contributed by atoms with Crippen LogP contribution in [0.2, 0.25) is 0 Å². The number of benzene rings is 1. The van der Waals surface area contributed by atoms with Crippen molar-refractivity contribution < 1.29 is 9.68 Å². The maximum Gasteiger partial charge on any atom is 0.199 e. The molecule has 25 heavy (non-hydrogen) atoms. The number of rotatable bonds is 2. The molecule has 1 aromatic rings. The molecule has 1 aromatic carbocycles. The predicted molar refractivity (Wildman–Crippen MR) is 107 cm³/mol. The number of nitrogens with zero attached hydrogens (tertiary/aromatic N) is 2. The van der Waals surface area contributed by atoms with Crippen LogP contribution < -0.4 is 4.90 Å². The van der Waals surface area contributed by atoms with Crippen LogP contribution in [0.3, 0.4) is 0 Å². The van der Waals surface area contributed by atoms with Crippen molar-refractivity contribution in [1.82, 2.24) is 0 Å². The highest BCUT2D eigenvalue weighted by molar-refractivity contribution is 6.05. The summed E-state index contributed by atoms with van der Waals surface area (Å²) in [6.07, 6.45) is 6.06. The van der Waals surface area contributed by atoms with E-state index in [-0.39, 0.29) is 5.41 Å². The highest BCUT2D eigenvalue weighted by atomic mass is 16.3. The summed E-state index contributed by atoms with van der Waals surface area (Å²) in [6, 6.07) is 6.57. The van der Waals surface area contributed by atoms with Crippen molar-refractivity contribution in [3.8, 4) is 0 Å². The molecule has 2 aliphatic carbocycles. The Labute approximate surface area is 151 Å². The average molecular weight is 337 g/mol. The Hall–Kier alpha value is -2.13. The molecule has 2 aliphatic rings. The second-order valence-electron chi connectivity index (χ2n) is 7.96. The summed E-state index contributed by atoms with van der Waals surface area (Å²) in [4.78, 5) is 2.13. The standard InChI is InChI=1S/C22H29N2O/c1-14(25)21-17-10-8-15(23(4)5)12-19(17)22(2,3)20-13-16(24(6)7)9-11-18(20)21/h8-14,25H,1-7H3/q+1. The van der Waals surface area contributed by atoms with Gasteiger partial charge in [-0.2, -0.15) is 0 Å². The van der Waals surface area contributed by atoms with Crippen LogP contribution in [0.15, 0.2) is 47.6 Å². The lowest BCUT2D eigenvalue weighted by Gasteiger charge is -2.40. The average Bonchev–Trinajstić information content (AvgIpc) is 2.54. The molecule has 132 valence electrons. The van der Waals surface area contributed by atoms with Gasteiger partial charge in [0.25, 0.3) is 0 Å². The summed E-state index contributed by atoms with van der Waals surface area (Å²) in [7, 11) is 8.26. The molecule has 1 unspecified atom stereocenters. The van der Waals surface area contributed by atoms with Gasteiger partial charge in [-0.15, -0.1) is 0 Å². The summed E-state index contributed by atoms with van der Waals surface area (Å²) in [6.45, 7) is 6.42. The normalized spacial score (nSPS) is 19.2. The van der Waals surface area contributed by atoms with E-state index in [4.69, 9.17) is 0 Å². The zero-order chi connectivity index (χ0) is 18.5. The molecule has 0 amide bonds. The topological polar surface area (TPSA) is 26.5 Å². The highest BCUT2D eigenvalue weighted by Gasteiger charge is 2.39. The van der Waals surface area contributed by atoms with Crippen LogP contribution >= 0.6 is 0 Å². The summed E-state index contributed by atoms with van der Waals surface area (Å²) in [5.41, 5.74) is 8.15. The number of hydrogen-bond acceptors (Lipinski definition) is 2. The number of allylic oxidation sites excluding steroid dienone is 5. The first-order chi connectivity index (χ1) is 11.6. The van der Waals surface area contributed by atoms with Crippen LogP contribution in [-0.2, 0) is 5.41 Å². The monoisotopic (exact) mass is 337 g/mol. The first kappa shape index (κ1) is 17.7. The van der Waals surface area contributed by atoms with E-state index < -0.39 is 6.10 Å². The van der Waals surface area contributed by atoms with Gasteiger partial charge in [-0.05, 0) is 53.0 Å². The molecule has 3 nitrogen and oxygen atoms in total. The van der Waals surface area contributed by atoms with Crippen molar-refractivity contribution >= 4 is 17.0 Å². The Bertz CT molecular complexity index is 845. The van der Waals surface area contributed by atoms with E-state index in [0.29, 0.717) is 0 Å². The number of aliphatic hydroxyl groups excluding tert-OH is 1. The SMILES string of the molecule is CC(O)C1=C2C=CC(=[N+](C)C)C=C2C(C)(C)c2cc(N(C)C)ccc21. The zero-order valence-corrected chi connectivity index (χ0v) is 16.4. The summed E-state index contributed by atoms with van der Waals surface area (Å²) < 4.78 is 2.13. The van der Waals surface area contributed by atoms with Gasteiger partial charge in [0, 0.05) is 37.3 Å². The second-order valence-corrected chi connectivity index (χ2v) is 7.96. The molecular weight excluding hydrogens is 308 g/mol. The van der Waals surface area contributed by atoms with E-state index in [2.05, 4.69) is 87.9 Å². The number of fused-ring (bicyclic) bond motifs is 2. The molecule has 1 N–H and O–H groups in total. The molecule has 0 aromatic heterocycles. The smallest absolute Gasteiger partial charge is 0.199 e. The van der Waals surface area contributed by atoms with Crippen molar-refractivity contribution in [2.24, 2.45) is 0 Å². The van der Waals surface area contributed by atoms with E-state index in [1.807, 2.05) is 6.92 Å². The summed E-state index contributed by atoms with van der Waals surface area (Å²) in [5, 5.41) is 10.5. The Morgan fingerprint density at radius 2 is 1.80 bits per heavy atom. The van der Waals surface area contributed by atoms with Crippen molar-refractivity contribution in [3.05, 3.63) is 58.7 Å². The van der Waals surface area contributed by atoms with Gasteiger partial charge in [0.1, 0.15) is 14.1 Å². The van der Waals surface area contributed by atoms with Gasteiger partial charge in [-0.25, -0.2) is 4.58 Å². The minimum absolute atomic E-state index is 0.124. The van der Waals surface area contributed by atoms with Gasteiger partial charge in [0.05, 0.1) is 6.10 Å². The number of hydrogen-bond donors (Lipinski definition) is 1. The van der Waals surface area contributed by atoms with Crippen molar-refractivity contribution in [3.63, 3.8) is 0 Å². The molecule has 1 atom stereocenters. The first-order valence-corrected chi connectivity index (χ1v) is 8.84. The van der Waals surface area contributed by atoms with Gasteiger partial charge in [0.15, 0.2) is 5.71 Å². The Morgan fingerprint density at radius 3 is 2.36 bits per heavy atom. The Morgan fingerprint density at radius 1 is 1.12 bits per heavy atom. The third kappa shape index (κ3) is 2.77. The number of aliphatic hydroxyl groups is 1. The molecule has 0 aliphatic heterocycles. The lowest BCUT2D eigenvalue weighted by molar-refractivity contribution is -0.462. The highest BCUT2D eigenvalue weighted by Crippen LogP contribution is 2.49. The first-order valence-electron chi connectivity index (χ1n) is 8.84. The van der Waals surface area contributed by atoms with Crippen LogP contribution in [0.4, 0.5) is 5.69 Å². The van der Waals surface area contributed by atoms with E-state index in [1.54, 1.807) is 0 Å². The zero-order valence-electron chi connectivity index (χ0n) is 16.4. The molecule has 0 spiro atoms. The third-order valence-corrected chi connectivity index (χ3v) is 5.38. The lowest BCUT2D eigenvalue weighted by atomic mass is 9.64. The van der Waals surface area contributed by atoms with E-state index in [1.165, 1.54) is 22.5 Å². The van der Waals surface area contributed by atoms with Gasteiger partial charge >= 0.3 is 0 Å².